The average Bonchev–Trinajstić information content (AvgIpc) is 2.99. The number of amides is 2. The van der Waals surface area contributed by atoms with Crippen molar-refractivity contribution in [3.05, 3.63) is 66.1 Å². The third kappa shape index (κ3) is 3.78. The van der Waals surface area contributed by atoms with Gasteiger partial charge in [0.25, 0.3) is 0 Å². The van der Waals surface area contributed by atoms with E-state index in [2.05, 4.69) is 20.7 Å². The van der Waals surface area contributed by atoms with Crippen molar-refractivity contribution in [2.75, 3.05) is 5.32 Å². The number of nitrogens with zero attached hydrogens (tertiary/aromatic N) is 3. The second-order valence-electron chi connectivity index (χ2n) is 5.60. The number of carbonyl (C=O) groups excluding carboxylic acids is 1. The fourth-order valence-electron chi connectivity index (χ4n) is 2.46. The number of urea groups is 1. The first kappa shape index (κ1) is 15.7. The molecule has 0 spiro atoms. The Morgan fingerprint density at radius 2 is 2.08 bits per heavy atom. The number of aromatic nitrogens is 3. The summed E-state index contributed by atoms with van der Waals surface area (Å²) in [4.78, 5) is 16.3. The summed E-state index contributed by atoms with van der Waals surface area (Å²) in [5.41, 5.74) is 4.74. The van der Waals surface area contributed by atoms with E-state index >= 15 is 0 Å². The summed E-state index contributed by atoms with van der Waals surface area (Å²) in [7, 11) is 1.88. The summed E-state index contributed by atoms with van der Waals surface area (Å²) in [5.74, 6) is 0. The molecule has 3 aromatic rings. The number of benzene rings is 1. The van der Waals surface area contributed by atoms with Gasteiger partial charge in [-0.05, 0) is 42.3 Å². The van der Waals surface area contributed by atoms with Crippen molar-refractivity contribution in [1.82, 2.24) is 20.1 Å². The number of nitrogens with one attached hydrogen (secondary N) is 2. The van der Waals surface area contributed by atoms with Crippen LogP contribution in [-0.4, -0.2) is 20.8 Å². The molecule has 0 bridgehead atoms. The van der Waals surface area contributed by atoms with Crippen LogP contribution in [0.3, 0.4) is 0 Å². The van der Waals surface area contributed by atoms with Crippen molar-refractivity contribution >= 4 is 11.7 Å². The Morgan fingerprint density at radius 3 is 2.83 bits per heavy atom. The summed E-state index contributed by atoms with van der Waals surface area (Å²) >= 11 is 0. The maximum absolute atomic E-state index is 12.0. The molecule has 0 saturated heterocycles. The Labute approximate surface area is 140 Å². The molecule has 0 saturated carbocycles. The smallest absolute Gasteiger partial charge is 0.319 e. The fraction of sp³-hybridized carbons (Fsp3) is 0.167. The summed E-state index contributed by atoms with van der Waals surface area (Å²) in [6, 6.07) is 11.4. The third-order valence-corrected chi connectivity index (χ3v) is 3.64. The largest absolute Gasteiger partial charge is 0.334 e. The van der Waals surface area contributed by atoms with Crippen LogP contribution in [0.4, 0.5) is 10.5 Å². The monoisotopic (exact) mass is 321 g/mol. The van der Waals surface area contributed by atoms with E-state index in [0.717, 1.165) is 28.1 Å². The predicted octanol–water partition coefficient (Wildman–Crippen LogP) is 3.11. The highest BCUT2D eigenvalue weighted by Crippen LogP contribution is 2.18. The molecular weight excluding hydrogens is 302 g/mol. The quantitative estimate of drug-likeness (QED) is 0.775. The Kier molecular flexibility index (Phi) is 4.56. The number of rotatable bonds is 4. The zero-order chi connectivity index (χ0) is 16.9. The summed E-state index contributed by atoms with van der Waals surface area (Å²) in [5, 5.41) is 9.82. The first-order valence-electron chi connectivity index (χ1n) is 7.65. The normalized spacial score (nSPS) is 10.4. The number of pyridine rings is 1. The van der Waals surface area contributed by atoms with Crippen LogP contribution in [0.5, 0.6) is 0 Å². The van der Waals surface area contributed by atoms with Crippen molar-refractivity contribution < 1.29 is 4.79 Å². The van der Waals surface area contributed by atoms with Crippen LogP contribution in [0.2, 0.25) is 0 Å². The van der Waals surface area contributed by atoms with Gasteiger partial charge < -0.3 is 10.6 Å². The molecule has 0 radical (unpaired) electrons. The zero-order valence-electron chi connectivity index (χ0n) is 13.7. The van der Waals surface area contributed by atoms with Gasteiger partial charge in [0.15, 0.2) is 0 Å². The molecule has 0 aliphatic heterocycles. The molecule has 1 aromatic carbocycles. The average molecular weight is 321 g/mol. The minimum Gasteiger partial charge on any atom is -0.334 e. The van der Waals surface area contributed by atoms with Gasteiger partial charge in [-0.1, -0.05) is 12.1 Å². The lowest BCUT2D eigenvalue weighted by Gasteiger charge is -2.09. The molecule has 24 heavy (non-hydrogen) atoms. The van der Waals surface area contributed by atoms with Crippen LogP contribution < -0.4 is 10.6 Å². The highest BCUT2D eigenvalue weighted by Gasteiger charge is 2.06. The lowest BCUT2D eigenvalue weighted by Crippen LogP contribution is -2.28. The van der Waals surface area contributed by atoms with E-state index in [1.807, 2.05) is 50.4 Å². The van der Waals surface area contributed by atoms with Crippen molar-refractivity contribution in [3.63, 3.8) is 0 Å². The lowest BCUT2D eigenvalue weighted by atomic mass is 10.1. The molecule has 2 N–H and O–H groups in total. The van der Waals surface area contributed by atoms with E-state index in [1.165, 1.54) is 0 Å². The summed E-state index contributed by atoms with van der Waals surface area (Å²) < 4.78 is 1.79. The summed E-state index contributed by atoms with van der Waals surface area (Å²) in [6.45, 7) is 2.38. The SMILES string of the molecule is Cc1cccc(NC(=O)NCc2cncc(-c3ccnn3C)c2)c1. The van der Waals surface area contributed by atoms with Gasteiger partial charge in [0.1, 0.15) is 0 Å². The van der Waals surface area contributed by atoms with Crippen molar-refractivity contribution in [1.29, 1.82) is 0 Å². The molecule has 3 rings (SSSR count). The van der Waals surface area contributed by atoms with Gasteiger partial charge in [-0.3, -0.25) is 9.67 Å². The minimum absolute atomic E-state index is 0.244. The Hall–Kier alpha value is -3.15. The zero-order valence-corrected chi connectivity index (χ0v) is 13.7. The molecule has 0 fully saturated rings. The van der Waals surface area contributed by atoms with Crippen molar-refractivity contribution in [2.45, 2.75) is 13.5 Å². The number of anilines is 1. The molecule has 122 valence electrons. The van der Waals surface area contributed by atoms with Gasteiger partial charge in [-0.25, -0.2) is 4.79 Å². The molecule has 0 aliphatic rings. The Balaban J connectivity index is 1.62. The van der Waals surface area contributed by atoms with Crippen LogP contribution in [0.1, 0.15) is 11.1 Å². The third-order valence-electron chi connectivity index (χ3n) is 3.64. The fourth-order valence-corrected chi connectivity index (χ4v) is 2.46. The molecular formula is C18H19N5O. The van der Waals surface area contributed by atoms with Crippen LogP contribution in [-0.2, 0) is 13.6 Å². The standard InChI is InChI=1S/C18H19N5O/c1-13-4-3-5-16(8-13)22-18(24)20-11-14-9-15(12-19-10-14)17-6-7-21-23(17)2/h3-10,12H,11H2,1-2H3,(H2,20,22,24). The molecule has 2 amide bonds. The molecule has 0 aliphatic carbocycles. The van der Waals surface area contributed by atoms with E-state index in [4.69, 9.17) is 0 Å². The minimum atomic E-state index is -0.244. The van der Waals surface area contributed by atoms with Crippen molar-refractivity contribution in [2.24, 2.45) is 7.05 Å². The Morgan fingerprint density at radius 1 is 1.21 bits per heavy atom. The Bertz CT molecular complexity index is 856. The topological polar surface area (TPSA) is 71.8 Å². The van der Waals surface area contributed by atoms with Crippen LogP contribution >= 0.6 is 0 Å². The summed E-state index contributed by atoms with van der Waals surface area (Å²) in [6.07, 6.45) is 5.27. The highest BCUT2D eigenvalue weighted by molar-refractivity contribution is 5.89. The van der Waals surface area contributed by atoms with Gasteiger partial charge in [-0.15, -0.1) is 0 Å². The molecule has 6 nitrogen and oxygen atoms in total. The number of carbonyl (C=O) groups is 1. The van der Waals surface area contributed by atoms with Crippen LogP contribution in [0, 0.1) is 6.92 Å². The molecule has 2 aromatic heterocycles. The highest BCUT2D eigenvalue weighted by atomic mass is 16.2. The second-order valence-corrected chi connectivity index (χ2v) is 5.60. The lowest BCUT2D eigenvalue weighted by molar-refractivity contribution is 0.251. The van der Waals surface area contributed by atoms with Gasteiger partial charge in [-0.2, -0.15) is 5.10 Å². The van der Waals surface area contributed by atoms with Crippen LogP contribution in [0.25, 0.3) is 11.3 Å². The van der Waals surface area contributed by atoms with Crippen LogP contribution in [0.15, 0.2) is 55.0 Å². The van der Waals surface area contributed by atoms with Gasteiger partial charge >= 0.3 is 6.03 Å². The maximum atomic E-state index is 12.0. The van der Waals surface area contributed by atoms with Crippen molar-refractivity contribution in [3.8, 4) is 11.3 Å². The van der Waals surface area contributed by atoms with E-state index in [-0.39, 0.29) is 6.03 Å². The molecule has 0 unspecified atom stereocenters. The number of hydrogen-bond acceptors (Lipinski definition) is 3. The molecule has 0 atom stereocenters. The second kappa shape index (κ2) is 6.95. The van der Waals surface area contributed by atoms with Gasteiger partial charge in [0, 0.05) is 43.4 Å². The number of aryl methyl sites for hydroxylation is 2. The molecule has 6 heteroatoms. The van der Waals surface area contributed by atoms with E-state index < -0.39 is 0 Å². The predicted molar refractivity (Wildman–Crippen MR) is 93.5 cm³/mol. The molecule has 2 heterocycles. The number of hydrogen-bond donors (Lipinski definition) is 2. The van der Waals surface area contributed by atoms with E-state index in [0.29, 0.717) is 6.54 Å². The first-order chi connectivity index (χ1) is 11.6. The maximum Gasteiger partial charge on any atom is 0.319 e. The van der Waals surface area contributed by atoms with E-state index in [1.54, 1.807) is 23.3 Å². The first-order valence-corrected chi connectivity index (χ1v) is 7.65. The van der Waals surface area contributed by atoms with Gasteiger partial charge in [0.2, 0.25) is 0 Å². The van der Waals surface area contributed by atoms with E-state index in [9.17, 15) is 4.79 Å². The van der Waals surface area contributed by atoms with Gasteiger partial charge in [0.05, 0.1) is 5.69 Å².